The molecule has 2 fully saturated rings. The zero-order chi connectivity index (χ0) is 23.9. The van der Waals surface area contributed by atoms with Crippen molar-refractivity contribution in [3.63, 3.8) is 0 Å². The Bertz CT molecular complexity index is 1270. The number of imide groups is 1. The van der Waals surface area contributed by atoms with Gasteiger partial charge in [0.2, 0.25) is 5.91 Å². The number of urea groups is 1. The molecule has 0 spiro atoms. The summed E-state index contributed by atoms with van der Waals surface area (Å²) in [6, 6.07) is 12.3. The fraction of sp³-hybridized carbons (Fsp3) is 0.333. The van der Waals surface area contributed by atoms with Gasteiger partial charge in [-0.2, -0.15) is 0 Å². The lowest BCUT2D eigenvalue weighted by Gasteiger charge is -2.25. The summed E-state index contributed by atoms with van der Waals surface area (Å²) in [6.45, 7) is 6.20. The molecule has 34 heavy (non-hydrogen) atoms. The van der Waals surface area contributed by atoms with Crippen LogP contribution in [-0.4, -0.2) is 60.6 Å². The molecule has 1 unspecified atom stereocenters. The number of carbonyl (C=O) groups excluding carboxylic acids is 3. The summed E-state index contributed by atoms with van der Waals surface area (Å²) in [6.07, 6.45) is 0. The van der Waals surface area contributed by atoms with Crippen LogP contribution in [0.15, 0.2) is 42.5 Å². The van der Waals surface area contributed by atoms with E-state index in [1.54, 1.807) is 24.3 Å². The number of carbonyl (C=O) groups is 3. The number of anilines is 2. The van der Waals surface area contributed by atoms with Crippen LogP contribution in [0.25, 0.3) is 10.2 Å². The monoisotopic (exact) mass is 479 g/mol. The predicted octanol–water partition coefficient (Wildman–Crippen LogP) is 2.85. The molecule has 2 saturated heterocycles. The summed E-state index contributed by atoms with van der Waals surface area (Å²) < 4.78 is 6.35. The van der Waals surface area contributed by atoms with Gasteiger partial charge in [0.05, 0.1) is 23.4 Å². The molecule has 176 valence electrons. The molecule has 3 heterocycles. The highest BCUT2D eigenvalue weighted by molar-refractivity contribution is 7.22. The van der Waals surface area contributed by atoms with E-state index in [2.05, 4.69) is 20.5 Å². The van der Waals surface area contributed by atoms with E-state index in [1.165, 1.54) is 0 Å². The Kier molecular flexibility index (Phi) is 5.70. The number of morpholine rings is 1. The lowest BCUT2D eigenvalue weighted by Crippen LogP contribution is -2.42. The molecule has 2 aliphatic rings. The van der Waals surface area contributed by atoms with Crippen LogP contribution in [0.1, 0.15) is 18.1 Å². The van der Waals surface area contributed by atoms with Crippen molar-refractivity contribution in [2.45, 2.75) is 19.4 Å². The minimum Gasteiger partial charge on any atom is -0.378 e. The molecule has 9 nitrogen and oxygen atoms in total. The van der Waals surface area contributed by atoms with E-state index in [4.69, 9.17) is 4.74 Å². The summed E-state index contributed by atoms with van der Waals surface area (Å²) >= 11 is 1.56. The lowest BCUT2D eigenvalue weighted by atomic mass is 9.91. The Labute approximate surface area is 200 Å². The molecule has 1 aromatic heterocycles. The van der Waals surface area contributed by atoms with Gasteiger partial charge < -0.3 is 20.3 Å². The first kappa shape index (κ1) is 22.3. The Morgan fingerprint density at radius 2 is 1.91 bits per heavy atom. The fourth-order valence-corrected chi connectivity index (χ4v) is 5.20. The van der Waals surface area contributed by atoms with Crippen LogP contribution in [0.2, 0.25) is 0 Å². The predicted molar refractivity (Wildman–Crippen MR) is 130 cm³/mol. The molecule has 0 bridgehead atoms. The Morgan fingerprint density at radius 1 is 1.18 bits per heavy atom. The Morgan fingerprint density at radius 3 is 2.65 bits per heavy atom. The van der Waals surface area contributed by atoms with Gasteiger partial charge in [-0.1, -0.05) is 41.2 Å². The molecule has 3 aromatic rings. The maximum atomic E-state index is 13.1. The van der Waals surface area contributed by atoms with Crippen LogP contribution in [0.4, 0.5) is 15.6 Å². The van der Waals surface area contributed by atoms with Crippen LogP contribution in [0.3, 0.4) is 0 Å². The quantitative estimate of drug-likeness (QED) is 0.546. The van der Waals surface area contributed by atoms with Crippen molar-refractivity contribution in [3.05, 3.63) is 53.6 Å². The average Bonchev–Trinajstić information content (AvgIpc) is 3.34. The number of rotatable bonds is 5. The minimum atomic E-state index is -1.21. The molecule has 2 N–H and O–H groups in total. The minimum absolute atomic E-state index is 0.369. The molecular weight excluding hydrogens is 454 g/mol. The van der Waals surface area contributed by atoms with Crippen molar-refractivity contribution >= 4 is 50.2 Å². The van der Waals surface area contributed by atoms with Crippen molar-refractivity contribution in [2.24, 2.45) is 0 Å². The van der Waals surface area contributed by atoms with Crippen molar-refractivity contribution in [3.8, 4) is 0 Å². The SMILES string of the molecule is Cc1ccc(C2(C)NC(=O)N(CC(=O)Nc3ccc4nc(N5CCOCC5)sc4c3)C2=O)cc1. The molecule has 5 rings (SSSR count). The van der Waals surface area contributed by atoms with Crippen molar-refractivity contribution < 1.29 is 19.1 Å². The van der Waals surface area contributed by atoms with Crippen molar-refractivity contribution in [1.82, 2.24) is 15.2 Å². The number of thiazole rings is 1. The smallest absolute Gasteiger partial charge is 0.325 e. The first-order valence-electron chi connectivity index (χ1n) is 11.1. The number of hydrogen-bond donors (Lipinski definition) is 2. The zero-order valence-corrected chi connectivity index (χ0v) is 19.8. The second kappa shape index (κ2) is 8.69. The molecule has 0 saturated carbocycles. The topological polar surface area (TPSA) is 104 Å². The van der Waals surface area contributed by atoms with Gasteiger partial charge in [0.25, 0.3) is 5.91 Å². The van der Waals surface area contributed by atoms with Gasteiger partial charge in [-0.3, -0.25) is 14.5 Å². The summed E-state index contributed by atoms with van der Waals surface area (Å²) in [7, 11) is 0. The number of aryl methyl sites for hydroxylation is 1. The maximum absolute atomic E-state index is 13.1. The Hall–Kier alpha value is -3.50. The third-order valence-electron chi connectivity index (χ3n) is 6.15. The first-order valence-corrected chi connectivity index (χ1v) is 11.9. The highest BCUT2D eigenvalue weighted by Gasteiger charge is 2.49. The van der Waals surface area contributed by atoms with E-state index in [0.29, 0.717) is 24.5 Å². The van der Waals surface area contributed by atoms with Gasteiger partial charge in [-0.25, -0.2) is 9.78 Å². The number of nitrogens with one attached hydrogen (secondary N) is 2. The number of fused-ring (bicyclic) bond motifs is 1. The standard InChI is InChI=1S/C24H25N5O4S/c1-15-3-5-16(6-4-15)24(2)21(31)29(22(32)27-24)14-20(30)25-17-7-8-18-19(13-17)34-23(26-18)28-9-11-33-12-10-28/h3-8,13H,9-12,14H2,1-2H3,(H,25,30)(H,27,32). The number of benzene rings is 2. The van der Waals surface area contributed by atoms with Gasteiger partial charge >= 0.3 is 6.03 Å². The second-order valence-corrected chi connectivity index (χ2v) is 9.65. The van der Waals surface area contributed by atoms with Crippen LogP contribution in [0.5, 0.6) is 0 Å². The Balaban J connectivity index is 1.27. The first-order chi connectivity index (χ1) is 16.3. The third kappa shape index (κ3) is 4.10. The van der Waals surface area contributed by atoms with Crippen LogP contribution in [0, 0.1) is 6.92 Å². The highest BCUT2D eigenvalue weighted by atomic mass is 32.1. The highest BCUT2D eigenvalue weighted by Crippen LogP contribution is 2.32. The normalized spacial score (nSPS) is 20.6. The molecule has 0 radical (unpaired) electrons. The number of aromatic nitrogens is 1. The van der Waals surface area contributed by atoms with Crippen LogP contribution >= 0.6 is 11.3 Å². The summed E-state index contributed by atoms with van der Waals surface area (Å²) in [5.41, 5.74) is 1.96. The van der Waals surface area contributed by atoms with Crippen molar-refractivity contribution in [2.75, 3.05) is 43.1 Å². The van der Waals surface area contributed by atoms with Gasteiger partial charge in [0.15, 0.2) is 5.13 Å². The molecule has 10 heteroatoms. The van der Waals surface area contributed by atoms with Crippen LogP contribution in [-0.2, 0) is 19.9 Å². The summed E-state index contributed by atoms with van der Waals surface area (Å²) in [4.78, 5) is 46.2. The molecule has 0 aliphatic carbocycles. The van der Waals surface area contributed by atoms with E-state index in [9.17, 15) is 14.4 Å². The number of ether oxygens (including phenoxy) is 1. The zero-order valence-electron chi connectivity index (χ0n) is 19.0. The van der Waals surface area contributed by atoms with E-state index in [0.717, 1.165) is 38.9 Å². The van der Waals surface area contributed by atoms with E-state index in [1.807, 2.05) is 43.3 Å². The van der Waals surface area contributed by atoms with E-state index in [-0.39, 0.29) is 6.54 Å². The molecule has 4 amide bonds. The van der Waals surface area contributed by atoms with Gasteiger partial charge in [-0.05, 0) is 37.6 Å². The molecular formula is C24H25N5O4S. The largest absolute Gasteiger partial charge is 0.378 e. The van der Waals surface area contributed by atoms with Gasteiger partial charge in [0, 0.05) is 18.8 Å². The van der Waals surface area contributed by atoms with Crippen LogP contribution < -0.4 is 15.5 Å². The molecule has 1 atom stereocenters. The number of nitrogens with zero attached hydrogens (tertiary/aromatic N) is 3. The second-order valence-electron chi connectivity index (χ2n) is 8.64. The number of amides is 4. The summed E-state index contributed by atoms with van der Waals surface area (Å²) in [5, 5.41) is 6.46. The third-order valence-corrected chi connectivity index (χ3v) is 7.23. The van der Waals surface area contributed by atoms with Gasteiger partial charge in [0.1, 0.15) is 12.1 Å². The fourth-order valence-electron chi connectivity index (χ4n) is 4.15. The van der Waals surface area contributed by atoms with E-state index < -0.39 is 23.4 Å². The average molecular weight is 480 g/mol. The summed E-state index contributed by atoms with van der Waals surface area (Å²) in [5.74, 6) is -0.904. The lowest BCUT2D eigenvalue weighted by molar-refractivity contribution is -0.133. The molecule has 2 aromatic carbocycles. The van der Waals surface area contributed by atoms with E-state index >= 15 is 0 Å². The van der Waals surface area contributed by atoms with Gasteiger partial charge in [-0.15, -0.1) is 0 Å². The molecule has 2 aliphatic heterocycles. The maximum Gasteiger partial charge on any atom is 0.325 e. The van der Waals surface area contributed by atoms with Crippen molar-refractivity contribution in [1.29, 1.82) is 0 Å². The number of hydrogen-bond acceptors (Lipinski definition) is 7.